The quantitative estimate of drug-likeness (QED) is 0.809. The highest BCUT2D eigenvalue weighted by Gasteiger charge is 2.33. The van der Waals surface area contributed by atoms with Crippen LogP contribution in [0.5, 0.6) is 5.75 Å². The van der Waals surface area contributed by atoms with Crippen LogP contribution in [0.15, 0.2) is 43.0 Å². The summed E-state index contributed by atoms with van der Waals surface area (Å²) < 4.78 is 7.87. The highest BCUT2D eigenvalue weighted by molar-refractivity contribution is 5.27. The zero-order valence-electron chi connectivity index (χ0n) is 15.1. The Labute approximate surface area is 150 Å². The van der Waals surface area contributed by atoms with E-state index in [9.17, 15) is 0 Å². The molecule has 3 saturated heterocycles. The van der Waals surface area contributed by atoms with Gasteiger partial charge < -0.3 is 14.2 Å². The lowest BCUT2D eigenvalue weighted by Gasteiger charge is -2.36. The first-order chi connectivity index (χ1) is 12.3. The molecule has 5 nitrogen and oxygen atoms in total. The molecular formula is C20H28N4O. The Balaban J connectivity index is 1.30. The van der Waals surface area contributed by atoms with Gasteiger partial charge in [0, 0.05) is 44.6 Å². The van der Waals surface area contributed by atoms with Gasteiger partial charge in [-0.1, -0.05) is 12.1 Å². The van der Waals surface area contributed by atoms with Crippen molar-refractivity contribution < 1.29 is 4.74 Å². The number of imidazole rings is 1. The molecule has 4 heterocycles. The minimum atomic E-state index is 0.665. The zero-order chi connectivity index (χ0) is 17.1. The molecule has 5 heteroatoms. The fraction of sp³-hybridized carbons (Fsp3) is 0.550. The summed E-state index contributed by atoms with van der Waals surface area (Å²) in [6.45, 7) is 6.27. The van der Waals surface area contributed by atoms with E-state index in [-0.39, 0.29) is 0 Å². The molecule has 2 bridgehead atoms. The van der Waals surface area contributed by atoms with Crippen LogP contribution in [-0.4, -0.2) is 58.7 Å². The van der Waals surface area contributed by atoms with Crippen molar-refractivity contribution in [1.29, 1.82) is 0 Å². The first-order valence-corrected chi connectivity index (χ1v) is 9.36. The average Bonchev–Trinajstić information content (AvgIpc) is 3.00. The molecule has 2 aromatic rings. The number of nitrogens with zero attached hydrogens (tertiary/aromatic N) is 4. The summed E-state index contributed by atoms with van der Waals surface area (Å²) in [6.07, 6.45) is 8.32. The van der Waals surface area contributed by atoms with E-state index in [1.807, 2.05) is 17.1 Å². The van der Waals surface area contributed by atoms with Crippen molar-refractivity contribution in [3.05, 3.63) is 48.5 Å². The Morgan fingerprint density at radius 1 is 1.12 bits per heavy atom. The Kier molecular flexibility index (Phi) is 5.04. The first kappa shape index (κ1) is 16.6. The Bertz CT molecular complexity index is 655. The summed E-state index contributed by atoms with van der Waals surface area (Å²) in [7, 11) is 2.27. The minimum Gasteiger partial charge on any atom is -0.492 e. The van der Waals surface area contributed by atoms with Crippen molar-refractivity contribution in [2.75, 3.05) is 33.3 Å². The van der Waals surface area contributed by atoms with E-state index in [4.69, 9.17) is 4.74 Å². The molecule has 1 aromatic heterocycles. The van der Waals surface area contributed by atoms with Crippen LogP contribution in [0.4, 0.5) is 0 Å². The van der Waals surface area contributed by atoms with Gasteiger partial charge in [-0.2, -0.15) is 0 Å². The van der Waals surface area contributed by atoms with Crippen LogP contribution in [0.25, 0.3) is 0 Å². The highest BCUT2D eigenvalue weighted by Crippen LogP contribution is 2.28. The maximum absolute atomic E-state index is 5.84. The van der Waals surface area contributed by atoms with Gasteiger partial charge in [0.05, 0.1) is 12.9 Å². The fourth-order valence-electron chi connectivity index (χ4n) is 4.22. The van der Waals surface area contributed by atoms with E-state index in [0.29, 0.717) is 6.61 Å². The molecule has 1 aromatic carbocycles. The van der Waals surface area contributed by atoms with Gasteiger partial charge in [0.25, 0.3) is 0 Å². The van der Waals surface area contributed by atoms with E-state index >= 15 is 0 Å². The number of fused-ring (bicyclic) bond motifs is 4. The van der Waals surface area contributed by atoms with Gasteiger partial charge in [0.15, 0.2) is 0 Å². The van der Waals surface area contributed by atoms with Crippen LogP contribution >= 0.6 is 0 Å². The predicted molar refractivity (Wildman–Crippen MR) is 98.6 cm³/mol. The molecule has 25 heavy (non-hydrogen) atoms. The number of rotatable bonds is 6. The van der Waals surface area contributed by atoms with Crippen molar-refractivity contribution in [2.45, 2.75) is 32.0 Å². The lowest BCUT2D eigenvalue weighted by molar-refractivity contribution is 0.124. The number of benzene rings is 1. The monoisotopic (exact) mass is 340 g/mol. The maximum Gasteiger partial charge on any atom is 0.119 e. The summed E-state index contributed by atoms with van der Waals surface area (Å²) >= 11 is 0. The van der Waals surface area contributed by atoms with E-state index in [2.05, 4.69) is 46.1 Å². The predicted octanol–water partition coefficient (Wildman–Crippen LogP) is 2.49. The summed E-state index contributed by atoms with van der Waals surface area (Å²) in [5, 5.41) is 0. The second-order valence-electron chi connectivity index (χ2n) is 7.54. The van der Waals surface area contributed by atoms with Crippen molar-refractivity contribution in [3.8, 4) is 5.75 Å². The van der Waals surface area contributed by atoms with E-state index in [1.54, 1.807) is 6.20 Å². The Morgan fingerprint density at radius 2 is 2.00 bits per heavy atom. The van der Waals surface area contributed by atoms with Crippen LogP contribution in [0, 0.1) is 5.92 Å². The molecule has 3 aliphatic heterocycles. The first-order valence-electron chi connectivity index (χ1n) is 9.36. The summed E-state index contributed by atoms with van der Waals surface area (Å²) in [6, 6.07) is 9.36. The van der Waals surface area contributed by atoms with E-state index in [1.165, 1.54) is 38.0 Å². The summed E-state index contributed by atoms with van der Waals surface area (Å²) in [5.41, 5.74) is 1.39. The number of aromatic nitrogens is 2. The van der Waals surface area contributed by atoms with Gasteiger partial charge in [-0.05, 0) is 43.5 Å². The van der Waals surface area contributed by atoms with Crippen LogP contribution in [0.2, 0.25) is 0 Å². The number of likely N-dealkylation sites (N-methyl/N-ethyl adjacent to an activating group) is 1. The molecule has 0 saturated carbocycles. The SMILES string of the molecule is CN1C[C@@H]2CC[C@H](C1)N(Cc1ccc(OCCn3ccnc3)cc1)C2. The number of hydrogen-bond acceptors (Lipinski definition) is 4. The molecule has 0 spiro atoms. The minimum absolute atomic E-state index is 0.665. The Morgan fingerprint density at radius 3 is 2.80 bits per heavy atom. The molecule has 0 amide bonds. The van der Waals surface area contributed by atoms with Crippen LogP contribution in [0.3, 0.4) is 0 Å². The molecular weight excluding hydrogens is 312 g/mol. The molecule has 3 aliphatic rings. The summed E-state index contributed by atoms with van der Waals surface area (Å²) in [5.74, 6) is 1.79. The van der Waals surface area contributed by atoms with Crippen molar-refractivity contribution >= 4 is 0 Å². The standard InChI is InChI=1S/C20H28N4O/c1-22-12-18-2-5-19(15-22)24(14-18)13-17-3-6-20(7-4-17)25-11-10-23-9-8-21-16-23/h3-4,6-9,16,18-19H,2,5,10-15H2,1H3/t18-,19+/m0/s1. The lowest BCUT2D eigenvalue weighted by Crippen LogP contribution is -2.43. The number of piperidine rings is 1. The van der Waals surface area contributed by atoms with Gasteiger partial charge >= 0.3 is 0 Å². The molecule has 5 rings (SSSR count). The molecule has 0 N–H and O–H groups in total. The Hall–Kier alpha value is -1.85. The third-order valence-corrected chi connectivity index (χ3v) is 5.50. The summed E-state index contributed by atoms with van der Waals surface area (Å²) in [4.78, 5) is 9.24. The third-order valence-electron chi connectivity index (χ3n) is 5.50. The molecule has 2 atom stereocenters. The van der Waals surface area contributed by atoms with E-state index in [0.717, 1.165) is 30.8 Å². The van der Waals surface area contributed by atoms with Crippen molar-refractivity contribution in [2.24, 2.45) is 5.92 Å². The molecule has 0 radical (unpaired) electrons. The van der Waals surface area contributed by atoms with Gasteiger partial charge in [-0.25, -0.2) is 4.98 Å². The third kappa shape index (κ3) is 4.22. The second kappa shape index (κ2) is 7.58. The van der Waals surface area contributed by atoms with Gasteiger partial charge in [0.1, 0.15) is 12.4 Å². The maximum atomic E-state index is 5.84. The number of hydrogen-bond donors (Lipinski definition) is 0. The smallest absolute Gasteiger partial charge is 0.119 e. The van der Waals surface area contributed by atoms with Gasteiger partial charge in [0.2, 0.25) is 0 Å². The van der Waals surface area contributed by atoms with E-state index < -0.39 is 0 Å². The lowest BCUT2D eigenvalue weighted by atomic mass is 9.94. The second-order valence-corrected chi connectivity index (χ2v) is 7.54. The molecule has 0 unspecified atom stereocenters. The highest BCUT2D eigenvalue weighted by atomic mass is 16.5. The average molecular weight is 340 g/mol. The molecule has 0 aliphatic carbocycles. The zero-order valence-corrected chi connectivity index (χ0v) is 15.1. The van der Waals surface area contributed by atoms with Crippen molar-refractivity contribution in [1.82, 2.24) is 19.4 Å². The van der Waals surface area contributed by atoms with Gasteiger partial charge in [-0.15, -0.1) is 0 Å². The number of ether oxygens (including phenoxy) is 1. The van der Waals surface area contributed by atoms with Gasteiger partial charge in [-0.3, -0.25) is 4.90 Å². The molecule has 134 valence electrons. The molecule has 3 fully saturated rings. The fourth-order valence-corrected chi connectivity index (χ4v) is 4.22. The van der Waals surface area contributed by atoms with Crippen LogP contribution < -0.4 is 4.74 Å². The normalized spacial score (nSPS) is 24.4. The topological polar surface area (TPSA) is 33.5 Å². The van der Waals surface area contributed by atoms with Crippen LogP contribution in [0.1, 0.15) is 18.4 Å². The largest absolute Gasteiger partial charge is 0.492 e. The van der Waals surface area contributed by atoms with Crippen molar-refractivity contribution in [3.63, 3.8) is 0 Å². The van der Waals surface area contributed by atoms with Crippen LogP contribution in [-0.2, 0) is 13.1 Å².